The molecule has 1 aromatic rings. The average Bonchev–Trinajstić information content (AvgIpc) is 2.66. The number of benzene rings is 1. The first-order chi connectivity index (χ1) is 14.0. The van der Waals surface area contributed by atoms with Crippen molar-refractivity contribution in [3.05, 3.63) is 29.3 Å². The van der Waals surface area contributed by atoms with Gasteiger partial charge >= 0.3 is 0 Å². The van der Waals surface area contributed by atoms with Crippen LogP contribution in [-0.2, 0) is 9.59 Å². The Balaban J connectivity index is 1.84. The molecule has 0 saturated carbocycles. The summed E-state index contributed by atoms with van der Waals surface area (Å²) in [6.07, 6.45) is 0. The highest BCUT2D eigenvalue weighted by molar-refractivity contribution is 5.96. The van der Waals surface area contributed by atoms with Gasteiger partial charge < -0.3 is 19.9 Å². The van der Waals surface area contributed by atoms with Crippen molar-refractivity contribution in [1.29, 1.82) is 0 Å². The molecule has 1 aromatic carbocycles. The quantitative estimate of drug-likeness (QED) is 0.749. The summed E-state index contributed by atoms with van der Waals surface area (Å²) in [6.45, 7) is 10.5. The lowest BCUT2D eigenvalue weighted by molar-refractivity contribution is -0.133. The summed E-state index contributed by atoms with van der Waals surface area (Å²) < 4.78 is 5.28. The van der Waals surface area contributed by atoms with E-state index in [1.807, 2.05) is 38.7 Å². The summed E-state index contributed by atoms with van der Waals surface area (Å²) in [5.74, 6) is 0.316. The Kier molecular flexibility index (Phi) is 7.83. The van der Waals surface area contributed by atoms with Crippen molar-refractivity contribution < 1.29 is 19.1 Å². The molecule has 0 spiro atoms. The van der Waals surface area contributed by atoms with E-state index in [0.717, 1.165) is 5.56 Å². The van der Waals surface area contributed by atoms with E-state index < -0.39 is 0 Å². The van der Waals surface area contributed by atoms with Gasteiger partial charge in [-0.25, -0.2) is 0 Å². The largest absolute Gasteiger partial charge is 0.496 e. The van der Waals surface area contributed by atoms with Gasteiger partial charge in [0.1, 0.15) is 5.75 Å². The lowest BCUT2D eigenvalue weighted by Crippen LogP contribution is -2.54. The van der Waals surface area contributed by atoms with Crippen LogP contribution >= 0.6 is 0 Å². The summed E-state index contributed by atoms with van der Waals surface area (Å²) in [6, 6.07) is 5.26. The zero-order valence-electron chi connectivity index (χ0n) is 18.9. The van der Waals surface area contributed by atoms with Gasteiger partial charge in [0.15, 0.2) is 0 Å². The Morgan fingerprint density at radius 3 is 2.33 bits per heavy atom. The molecule has 1 saturated heterocycles. The highest BCUT2D eigenvalue weighted by Crippen LogP contribution is 2.19. The third-order valence-electron chi connectivity index (χ3n) is 4.98. The van der Waals surface area contributed by atoms with E-state index in [-0.39, 0.29) is 29.8 Å². The molecule has 1 heterocycles. The Bertz CT molecular complexity index is 780. The number of hydrogen-bond donors (Lipinski definition) is 1. The molecule has 0 aromatic heterocycles. The molecule has 1 aliphatic rings. The Morgan fingerprint density at radius 1 is 1.13 bits per heavy atom. The molecular formula is C22H34N4O4. The number of ether oxygens (including phenoxy) is 1. The first-order valence-corrected chi connectivity index (χ1v) is 10.2. The fraction of sp³-hybridized carbons (Fsp3) is 0.591. The maximum atomic E-state index is 12.7. The minimum Gasteiger partial charge on any atom is -0.496 e. The Morgan fingerprint density at radius 2 is 1.77 bits per heavy atom. The van der Waals surface area contributed by atoms with Crippen LogP contribution in [0, 0.1) is 6.92 Å². The van der Waals surface area contributed by atoms with E-state index in [9.17, 15) is 14.4 Å². The molecule has 2 rings (SSSR count). The molecular weight excluding hydrogens is 384 g/mol. The molecule has 0 atom stereocenters. The lowest BCUT2D eigenvalue weighted by atomic mass is 10.1. The van der Waals surface area contributed by atoms with Crippen molar-refractivity contribution in [2.45, 2.75) is 33.2 Å². The van der Waals surface area contributed by atoms with E-state index in [2.05, 4.69) is 5.32 Å². The van der Waals surface area contributed by atoms with Gasteiger partial charge in [0, 0.05) is 44.3 Å². The van der Waals surface area contributed by atoms with Crippen molar-refractivity contribution in [2.24, 2.45) is 0 Å². The summed E-state index contributed by atoms with van der Waals surface area (Å²) in [4.78, 5) is 42.6. The molecule has 30 heavy (non-hydrogen) atoms. The van der Waals surface area contributed by atoms with E-state index in [0.29, 0.717) is 44.0 Å². The first kappa shape index (κ1) is 23.7. The zero-order valence-corrected chi connectivity index (χ0v) is 18.9. The summed E-state index contributed by atoms with van der Waals surface area (Å²) in [7, 11) is 3.19. The fourth-order valence-electron chi connectivity index (χ4n) is 3.36. The van der Waals surface area contributed by atoms with Crippen molar-refractivity contribution in [1.82, 2.24) is 20.0 Å². The SMILES string of the molecule is COc1cc(C(=O)N(C)CC(=O)N2CCN(CC(=O)NC(C)(C)C)CC2)ccc1C. The first-order valence-electron chi connectivity index (χ1n) is 10.2. The number of carbonyl (C=O) groups is 3. The van der Waals surface area contributed by atoms with Gasteiger partial charge in [-0.3, -0.25) is 19.3 Å². The summed E-state index contributed by atoms with van der Waals surface area (Å²) >= 11 is 0. The second-order valence-corrected chi connectivity index (χ2v) is 8.80. The van der Waals surface area contributed by atoms with Crippen LogP contribution in [0.4, 0.5) is 0 Å². The highest BCUT2D eigenvalue weighted by atomic mass is 16.5. The van der Waals surface area contributed by atoms with E-state index in [1.54, 1.807) is 31.2 Å². The number of carbonyl (C=O) groups excluding carboxylic acids is 3. The molecule has 1 N–H and O–H groups in total. The fourth-order valence-corrected chi connectivity index (χ4v) is 3.36. The van der Waals surface area contributed by atoms with Gasteiger partial charge in [-0.1, -0.05) is 6.07 Å². The van der Waals surface area contributed by atoms with E-state index in [1.165, 1.54) is 4.90 Å². The van der Waals surface area contributed by atoms with Crippen molar-refractivity contribution in [3.63, 3.8) is 0 Å². The minimum absolute atomic E-state index is 0.0128. The van der Waals surface area contributed by atoms with Gasteiger partial charge in [-0.2, -0.15) is 0 Å². The van der Waals surface area contributed by atoms with E-state index in [4.69, 9.17) is 4.74 Å². The molecule has 0 radical (unpaired) electrons. The number of hydrogen-bond acceptors (Lipinski definition) is 5. The minimum atomic E-state index is -0.256. The number of amides is 3. The van der Waals surface area contributed by atoms with Crippen LogP contribution in [0.5, 0.6) is 5.75 Å². The molecule has 8 nitrogen and oxygen atoms in total. The number of rotatable bonds is 6. The Labute approximate surface area is 179 Å². The van der Waals surface area contributed by atoms with Crippen molar-refractivity contribution >= 4 is 17.7 Å². The number of nitrogens with one attached hydrogen (secondary N) is 1. The maximum absolute atomic E-state index is 12.7. The van der Waals surface area contributed by atoms with Gasteiger partial charge in [0.05, 0.1) is 20.2 Å². The number of likely N-dealkylation sites (N-methyl/N-ethyl adjacent to an activating group) is 1. The van der Waals surface area contributed by atoms with Gasteiger partial charge in [-0.05, 0) is 45.4 Å². The predicted octanol–water partition coefficient (Wildman–Crippen LogP) is 1.13. The van der Waals surface area contributed by atoms with Crippen LogP contribution in [0.1, 0.15) is 36.7 Å². The molecule has 0 bridgehead atoms. The number of nitrogens with zero attached hydrogens (tertiary/aromatic N) is 3. The third-order valence-corrected chi connectivity index (χ3v) is 4.98. The number of methoxy groups -OCH3 is 1. The molecule has 3 amide bonds. The van der Waals surface area contributed by atoms with Crippen LogP contribution in [0.2, 0.25) is 0 Å². The van der Waals surface area contributed by atoms with Gasteiger partial charge in [0.25, 0.3) is 5.91 Å². The smallest absolute Gasteiger partial charge is 0.254 e. The molecule has 1 aliphatic heterocycles. The van der Waals surface area contributed by atoms with Gasteiger partial charge in [-0.15, -0.1) is 0 Å². The van der Waals surface area contributed by atoms with Crippen LogP contribution < -0.4 is 10.1 Å². The third kappa shape index (κ3) is 6.73. The van der Waals surface area contributed by atoms with Crippen molar-refractivity contribution in [2.75, 3.05) is 53.4 Å². The van der Waals surface area contributed by atoms with Crippen LogP contribution in [0.25, 0.3) is 0 Å². The molecule has 1 fully saturated rings. The second kappa shape index (κ2) is 9.93. The molecule has 8 heteroatoms. The van der Waals surface area contributed by atoms with Crippen LogP contribution in [-0.4, -0.2) is 91.4 Å². The predicted molar refractivity (Wildman–Crippen MR) is 116 cm³/mol. The van der Waals surface area contributed by atoms with Crippen molar-refractivity contribution in [3.8, 4) is 5.75 Å². The average molecular weight is 419 g/mol. The van der Waals surface area contributed by atoms with Gasteiger partial charge in [0.2, 0.25) is 11.8 Å². The topological polar surface area (TPSA) is 82.2 Å². The normalized spacial score (nSPS) is 14.9. The number of piperazine rings is 1. The monoisotopic (exact) mass is 418 g/mol. The Hall–Kier alpha value is -2.61. The summed E-state index contributed by atoms with van der Waals surface area (Å²) in [5, 5.41) is 2.95. The summed E-state index contributed by atoms with van der Waals surface area (Å²) in [5.41, 5.74) is 1.18. The molecule has 0 unspecified atom stereocenters. The van der Waals surface area contributed by atoms with E-state index >= 15 is 0 Å². The standard InChI is InChI=1S/C22H34N4O4/c1-16-7-8-17(13-18(16)30-6)21(29)24(5)15-20(28)26-11-9-25(10-12-26)14-19(27)23-22(2,3)4/h7-8,13H,9-12,14-15H2,1-6H3,(H,23,27). The maximum Gasteiger partial charge on any atom is 0.254 e. The number of aryl methyl sites for hydroxylation is 1. The van der Waals surface area contributed by atoms with Crippen LogP contribution in [0.3, 0.4) is 0 Å². The lowest BCUT2D eigenvalue weighted by Gasteiger charge is -2.35. The zero-order chi connectivity index (χ0) is 22.5. The highest BCUT2D eigenvalue weighted by Gasteiger charge is 2.25. The molecule has 166 valence electrons. The van der Waals surface area contributed by atoms with Crippen LogP contribution in [0.15, 0.2) is 18.2 Å². The second-order valence-electron chi connectivity index (χ2n) is 8.80. The molecule has 0 aliphatic carbocycles.